The van der Waals surface area contributed by atoms with E-state index in [4.69, 9.17) is 11.6 Å². The van der Waals surface area contributed by atoms with Gasteiger partial charge in [0.1, 0.15) is 0 Å². The largest absolute Gasteiger partial charge is 0.388 e. The Morgan fingerprint density at radius 2 is 2.00 bits per heavy atom. The fourth-order valence-corrected chi connectivity index (χ4v) is 1.54. The second-order valence-corrected chi connectivity index (χ2v) is 4.04. The van der Waals surface area contributed by atoms with Crippen LogP contribution in [0.25, 0.3) is 0 Å². The van der Waals surface area contributed by atoms with E-state index in [2.05, 4.69) is 0 Å². The van der Waals surface area contributed by atoms with Gasteiger partial charge in [0.05, 0.1) is 6.10 Å². The van der Waals surface area contributed by atoms with Crippen molar-refractivity contribution in [1.29, 1.82) is 0 Å². The van der Waals surface area contributed by atoms with Gasteiger partial charge in [-0.05, 0) is 32.1 Å². The molecule has 0 aliphatic carbocycles. The van der Waals surface area contributed by atoms with Crippen LogP contribution in [-0.4, -0.2) is 30.6 Å². The van der Waals surface area contributed by atoms with Crippen molar-refractivity contribution in [3.63, 3.8) is 0 Å². The van der Waals surface area contributed by atoms with Gasteiger partial charge >= 0.3 is 0 Å². The van der Waals surface area contributed by atoms with Crippen LogP contribution in [0.1, 0.15) is 18.1 Å². The molecule has 0 heterocycles. The lowest BCUT2D eigenvalue weighted by Crippen LogP contribution is -2.15. The van der Waals surface area contributed by atoms with Gasteiger partial charge in [0, 0.05) is 11.6 Å². The maximum absolute atomic E-state index is 9.84. The van der Waals surface area contributed by atoms with Gasteiger partial charge in [-0.25, -0.2) is 0 Å². The predicted octanol–water partition coefficient (Wildman–Crippen LogP) is 2.33. The molecule has 2 nitrogen and oxygen atoms in total. The van der Waals surface area contributed by atoms with Gasteiger partial charge in [0.25, 0.3) is 0 Å². The van der Waals surface area contributed by atoms with E-state index in [1.807, 2.05) is 37.2 Å². The van der Waals surface area contributed by atoms with E-state index in [-0.39, 0.29) is 0 Å². The average Bonchev–Trinajstić information content (AvgIpc) is 2.15. The Kier molecular flexibility index (Phi) is 4.39. The summed E-state index contributed by atoms with van der Waals surface area (Å²) in [7, 11) is 3.97. The molecule has 0 aromatic heterocycles. The maximum atomic E-state index is 9.84. The second-order valence-electron chi connectivity index (χ2n) is 3.63. The van der Waals surface area contributed by atoms with Crippen molar-refractivity contribution in [3.8, 4) is 0 Å². The molecular formula is C11H16ClNO. The molecule has 78 valence electrons. The van der Waals surface area contributed by atoms with Crippen molar-refractivity contribution < 1.29 is 5.11 Å². The third-order valence-corrected chi connectivity index (χ3v) is 2.46. The van der Waals surface area contributed by atoms with E-state index >= 15 is 0 Å². The Morgan fingerprint density at radius 3 is 2.57 bits per heavy atom. The van der Waals surface area contributed by atoms with Crippen LogP contribution in [0.3, 0.4) is 0 Å². The number of halogens is 1. The minimum Gasteiger partial charge on any atom is -0.388 e. The summed E-state index contributed by atoms with van der Waals surface area (Å²) in [5.74, 6) is 0. The van der Waals surface area contributed by atoms with Crippen molar-refractivity contribution in [2.75, 3.05) is 20.6 Å². The highest BCUT2D eigenvalue weighted by Crippen LogP contribution is 2.24. The topological polar surface area (TPSA) is 23.5 Å². The van der Waals surface area contributed by atoms with Crippen LogP contribution in [-0.2, 0) is 0 Å². The fourth-order valence-electron chi connectivity index (χ4n) is 1.28. The van der Waals surface area contributed by atoms with Gasteiger partial charge in [-0.1, -0.05) is 29.8 Å². The standard InChI is InChI=1S/C11H16ClNO/c1-13(2)8-7-11(14)9-5-3-4-6-10(9)12/h3-6,11,14H,7-8H2,1-2H3. The molecule has 1 unspecified atom stereocenters. The summed E-state index contributed by atoms with van der Waals surface area (Å²) in [6.45, 7) is 0.854. The quantitative estimate of drug-likeness (QED) is 0.830. The zero-order chi connectivity index (χ0) is 10.6. The van der Waals surface area contributed by atoms with Gasteiger partial charge in [-0.3, -0.25) is 0 Å². The Hall–Kier alpha value is -0.570. The van der Waals surface area contributed by atoms with Crippen LogP contribution in [0, 0.1) is 0 Å². The van der Waals surface area contributed by atoms with Crippen molar-refractivity contribution >= 4 is 11.6 Å². The first-order chi connectivity index (χ1) is 6.61. The molecule has 14 heavy (non-hydrogen) atoms. The molecule has 0 aliphatic heterocycles. The molecule has 0 spiro atoms. The number of benzene rings is 1. The van der Waals surface area contributed by atoms with Gasteiger partial charge in [0.2, 0.25) is 0 Å². The summed E-state index contributed by atoms with van der Waals surface area (Å²) in [6.07, 6.45) is 0.239. The molecule has 1 atom stereocenters. The highest BCUT2D eigenvalue weighted by Gasteiger charge is 2.10. The molecule has 1 aromatic rings. The van der Waals surface area contributed by atoms with E-state index < -0.39 is 6.10 Å². The van der Waals surface area contributed by atoms with Gasteiger partial charge in [0.15, 0.2) is 0 Å². The Bertz CT molecular complexity index is 288. The molecule has 0 saturated heterocycles. The number of aliphatic hydroxyl groups excluding tert-OH is 1. The van der Waals surface area contributed by atoms with E-state index in [0.29, 0.717) is 11.4 Å². The van der Waals surface area contributed by atoms with Crippen molar-refractivity contribution in [3.05, 3.63) is 34.9 Å². The van der Waals surface area contributed by atoms with Gasteiger partial charge in [-0.15, -0.1) is 0 Å². The number of hydrogen-bond acceptors (Lipinski definition) is 2. The first kappa shape index (κ1) is 11.5. The summed E-state index contributed by atoms with van der Waals surface area (Å²) < 4.78 is 0. The molecule has 1 N–H and O–H groups in total. The van der Waals surface area contributed by atoms with Crippen molar-refractivity contribution in [2.45, 2.75) is 12.5 Å². The first-order valence-electron chi connectivity index (χ1n) is 4.68. The molecule has 3 heteroatoms. The Labute approximate surface area is 90.1 Å². The molecular weight excluding hydrogens is 198 g/mol. The monoisotopic (exact) mass is 213 g/mol. The summed E-state index contributed by atoms with van der Waals surface area (Å²) in [5, 5.41) is 10.5. The number of nitrogens with zero attached hydrogens (tertiary/aromatic N) is 1. The summed E-state index contributed by atoms with van der Waals surface area (Å²) in [5.41, 5.74) is 0.816. The van der Waals surface area contributed by atoms with E-state index in [1.54, 1.807) is 6.07 Å². The lowest BCUT2D eigenvalue weighted by molar-refractivity contribution is 0.154. The molecule has 0 saturated carbocycles. The van der Waals surface area contributed by atoms with Crippen LogP contribution in [0.2, 0.25) is 5.02 Å². The highest BCUT2D eigenvalue weighted by molar-refractivity contribution is 6.31. The molecule has 0 fully saturated rings. The Balaban J connectivity index is 2.60. The van der Waals surface area contributed by atoms with Crippen molar-refractivity contribution in [1.82, 2.24) is 4.90 Å². The molecule has 0 radical (unpaired) electrons. The van der Waals surface area contributed by atoms with Crippen LogP contribution in [0.15, 0.2) is 24.3 Å². The number of hydrogen-bond donors (Lipinski definition) is 1. The maximum Gasteiger partial charge on any atom is 0.0816 e. The van der Waals surface area contributed by atoms with Crippen LogP contribution in [0.5, 0.6) is 0 Å². The highest BCUT2D eigenvalue weighted by atomic mass is 35.5. The van der Waals surface area contributed by atoms with E-state index in [0.717, 1.165) is 12.1 Å². The van der Waals surface area contributed by atoms with Crippen LogP contribution < -0.4 is 0 Å². The summed E-state index contributed by atoms with van der Waals surface area (Å²) in [6, 6.07) is 7.42. The van der Waals surface area contributed by atoms with Crippen molar-refractivity contribution in [2.24, 2.45) is 0 Å². The summed E-state index contributed by atoms with van der Waals surface area (Å²) >= 11 is 5.96. The molecule has 0 aliphatic rings. The SMILES string of the molecule is CN(C)CCC(O)c1ccccc1Cl. The van der Waals surface area contributed by atoms with Gasteiger partial charge in [-0.2, -0.15) is 0 Å². The Morgan fingerprint density at radius 1 is 1.36 bits per heavy atom. The lowest BCUT2D eigenvalue weighted by atomic mass is 10.1. The smallest absolute Gasteiger partial charge is 0.0816 e. The van der Waals surface area contributed by atoms with E-state index in [9.17, 15) is 5.11 Å². The van der Waals surface area contributed by atoms with E-state index in [1.165, 1.54) is 0 Å². The first-order valence-corrected chi connectivity index (χ1v) is 5.06. The normalized spacial score (nSPS) is 13.2. The molecule has 0 amide bonds. The lowest BCUT2D eigenvalue weighted by Gasteiger charge is -2.15. The van der Waals surface area contributed by atoms with Gasteiger partial charge < -0.3 is 10.0 Å². The fraction of sp³-hybridized carbons (Fsp3) is 0.455. The molecule has 1 aromatic carbocycles. The van der Waals surface area contributed by atoms with Crippen LogP contribution in [0.4, 0.5) is 0 Å². The average molecular weight is 214 g/mol. The second kappa shape index (κ2) is 5.35. The molecule has 0 bridgehead atoms. The zero-order valence-corrected chi connectivity index (χ0v) is 9.33. The number of aliphatic hydroxyl groups is 1. The number of rotatable bonds is 4. The molecule has 1 rings (SSSR count). The summed E-state index contributed by atoms with van der Waals surface area (Å²) in [4.78, 5) is 2.04. The zero-order valence-electron chi connectivity index (χ0n) is 8.57. The predicted molar refractivity (Wildman–Crippen MR) is 59.6 cm³/mol. The third-order valence-electron chi connectivity index (χ3n) is 2.11. The van der Waals surface area contributed by atoms with Crippen LogP contribution >= 0.6 is 11.6 Å². The third kappa shape index (κ3) is 3.29. The minimum atomic E-state index is -0.467. The minimum absolute atomic E-state index is 0.467.